The van der Waals surface area contributed by atoms with E-state index >= 15 is 0 Å². The molecule has 0 amide bonds. The van der Waals surface area contributed by atoms with Gasteiger partial charge in [-0.25, -0.2) is 9.97 Å². The number of hydrogen-bond donors (Lipinski definition) is 0. The van der Waals surface area contributed by atoms with Gasteiger partial charge in [0.15, 0.2) is 0 Å². The van der Waals surface area contributed by atoms with Gasteiger partial charge in [0.05, 0.1) is 12.4 Å². The number of aromatic nitrogens is 2. The fraction of sp³-hybridized carbons (Fsp3) is 0.556. The molecule has 2 unspecified atom stereocenters. The molecule has 3 nitrogen and oxygen atoms in total. The molecule has 0 aromatic carbocycles. The molecule has 2 atom stereocenters. The molecule has 1 aromatic heterocycles. The summed E-state index contributed by atoms with van der Waals surface area (Å²) >= 11 is 3.29. The maximum Gasteiger partial charge on any atom is 0.147 e. The van der Waals surface area contributed by atoms with Gasteiger partial charge in [0, 0.05) is 12.6 Å². The zero-order valence-electron chi connectivity index (χ0n) is 6.89. The number of piperidine rings is 1. The second kappa shape index (κ2) is 1.90. The summed E-state index contributed by atoms with van der Waals surface area (Å²) in [4.78, 5) is 11.0. The van der Waals surface area contributed by atoms with Crippen LogP contribution in [-0.4, -0.2) is 22.6 Å². The first-order valence-electron chi connectivity index (χ1n) is 4.60. The highest BCUT2D eigenvalue weighted by molar-refractivity contribution is 9.10. The Morgan fingerprint density at radius 1 is 1.31 bits per heavy atom. The third-order valence-electron chi connectivity index (χ3n) is 3.61. The Morgan fingerprint density at radius 2 is 2.15 bits per heavy atom. The van der Waals surface area contributed by atoms with E-state index in [0.717, 1.165) is 34.2 Å². The van der Waals surface area contributed by atoms with Crippen LogP contribution in [0.15, 0.2) is 17.0 Å². The van der Waals surface area contributed by atoms with Gasteiger partial charge in [0.1, 0.15) is 10.4 Å². The Hall–Kier alpha value is -0.640. The third kappa shape index (κ3) is 0.713. The van der Waals surface area contributed by atoms with Gasteiger partial charge in [-0.3, -0.25) is 0 Å². The van der Waals surface area contributed by atoms with Crippen molar-refractivity contribution >= 4 is 21.7 Å². The molecule has 2 saturated heterocycles. The summed E-state index contributed by atoms with van der Waals surface area (Å²) in [5.74, 6) is 4.13. The molecular weight excluding hydrogens is 230 g/mol. The highest BCUT2D eigenvalue weighted by Crippen LogP contribution is 2.75. The monoisotopic (exact) mass is 237 g/mol. The predicted molar refractivity (Wildman–Crippen MR) is 51.3 cm³/mol. The van der Waals surface area contributed by atoms with Crippen molar-refractivity contribution in [3.8, 4) is 0 Å². The molecule has 4 fully saturated rings. The first-order chi connectivity index (χ1) is 6.36. The summed E-state index contributed by atoms with van der Waals surface area (Å²) < 4.78 is 0.815. The Morgan fingerprint density at radius 3 is 2.69 bits per heavy atom. The Bertz CT molecular complexity index is 360. The fourth-order valence-electron chi connectivity index (χ4n) is 2.84. The highest BCUT2D eigenvalue weighted by atomic mass is 79.9. The summed E-state index contributed by atoms with van der Waals surface area (Å²) in [6.07, 6.45) is 3.64. The number of halogens is 1. The first kappa shape index (κ1) is 6.76. The highest BCUT2D eigenvalue weighted by Gasteiger charge is 2.80. The van der Waals surface area contributed by atoms with Crippen molar-refractivity contribution in [3.63, 3.8) is 0 Å². The zero-order valence-corrected chi connectivity index (χ0v) is 8.48. The second-order valence-electron chi connectivity index (χ2n) is 4.16. The minimum absolute atomic E-state index is 0.815. The molecular formula is C9H8BrN3. The molecule has 0 N–H and O–H groups in total. The van der Waals surface area contributed by atoms with Gasteiger partial charge in [-0.05, 0) is 33.7 Å². The number of fused-ring (bicyclic) bond motifs is 1. The lowest BCUT2D eigenvalue weighted by Gasteiger charge is -2.15. The van der Waals surface area contributed by atoms with E-state index in [-0.39, 0.29) is 0 Å². The Kier molecular flexibility index (Phi) is 0.986. The van der Waals surface area contributed by atoms with Gasteiger partial charge in [-0.1, -0.05) is 0 Å². The summed E-state index contributed by atoms with van der Waals surface area (Å²) in [6, 6.07) is 0.834. The van der Waals surface area contributed by atoms with Crippen molar-refractivity contribution in [1.29, 1.82) is 0 Å². The van der Waals surface area contributed by atoms with Crippen LogP contribution in [0.4, 0.5) is 5.82 Å². The van der Waals surface area contributed by atoms with Gasteiger partial charge in [-0.15, -0.1) is 0 Å². The molecule has 3 heterocycles. The standard InChI is InChI=1S/C9H8BrN3/c10-5-1-12-6(2-11-5)13-3-4-7-8(4)9(7)13/h1-2,4,7-9H,3H2. The van der Waals surface area contributed by atoms with Crippen molar-refractivity contribution in [3.05, 3.63) is 17.0 Å². The normalized spacial score (nSPS) is 43.3. The topological polar surface area (TPSA) is 29.0 Å². The molecule has 13 heavy (non-hydrogen) atoms. The van der Waals surface area contributed by atoms with Gasteiger partial charge in [0.25, 0.3) is 0 Å². The number of hydrogen-bond acceptors (Lipinski definition) is 3. The molecule has 4 heteroatoms. The smallest absolute Gasteiger partial charge is 0.147 e. The van der Waals surface area contributed by atoms with Crippen LogP contribution in [0.25, 0.3) is 0 Å². The first-order valence-corrected chi connectivity index (χ1v) is 5.40. The molecule has 5 rings (SSSR count). The number of anilines is 1. The van der Waals surface area contributed by atoms with E-state index in [2.05, 4.69) is 30.8 Å². The van der Waals surface area contributed by atoms with Crippen LogP contribution in [0.3, 0.4) is 0 Å². The molecule has 2 aliphatic heterocycles. The molecule has 2 bridgehead atoms. The molecule has 0 radical (unpaired) electrons. The lowest BCUT2D eigenvalue weighted by Crippen LogP contribution is -2.21. The summed E-state index contributed by atoms with van der Waals surface area (Å²) in [7, 11) is 0. The van der Waals surface area contributed by atoms with Gasteiger partial charge < -0.3 is 4.90 Å². The van der Waals surface area contributed by atoms with E-state index < -0.39 is 0 Å². The molecule has 66 valence electrons. The van der Waals surface area contributed by atoms with Crippen molar-refractivity contribution in [2.45, 2.75) is 6.04 Å². The van der Waals surface area contributed by atoms with Crippen LogP contribution in [0.1, 0.15) is 0 Å². The molecule has 0 spiro atoms. The largest absolute Gasteiger partial charge is 0.351 e. The van der Waals surface area contributed by atoms with Crippen LogP contribution in [0.5, 0.6) is 0 Å². The van der Waals surface area contributed by atoms with E-state index in [9.17, 15) is 0 Å². The van der Waals surface area contributed by atoms with Gasteiger partial charge in [-0.2, -0.15) is 0 Å². The van der Waals surface area contributed by atoms with Crippen LogP contribution in [0.2, 0.25) is 0 Å². The Labute approximate surface area is 84.3 Å². The summed E-state index contributed by atoms with van der Waals surface area (Å²) in [6.45, 7) is 1.22. The fourth-order valence-corrected chi connectivity index (χ4v) is 3.04. The number of rotatable bonds is 1. The van der Waals surface area contributed by atoms with Crippen LogP contribution in [-0.2, 0) is 0 Å². The quantitative estimate of drug-likeness (QED) is 0.738. The predicted octanol–water partition coefficient (Wildman–Crippen LogP) is 1.30. The zero-order chi connectivity index (χ0) is 8.58. The van der Waals surface area contributed by atoms with E-state index in [1.54, 1.807) is 6.20 Å². The third-order valence-corrected chi connectivity index (χ3v) is 4.02. The minimum atomic E-state index is 0.815. The molecule has 2 saturated carbocycles. The molecule has 2 aliphatic carbocycles. The van der Waals surface area contributed by atoms with E-state index in [0.29, 0.717) is 0 Å². The van der Waals surface area contributed by atoms with Crippen LogP contribution in [0, 0.1) is 17.8 Å². The summed E-state index contributed by atoms with van der Waals surface area (Å²) in [5.41, 5.74) is 0. The maximum atomic E-state index is 4.37. The summed E-state index contributed by atoms with van der Waals surface area (Å²) in [5, 5.41) is 0. The Balaban J connectivity index is 1.70. The number of nitrogens with zero attached hydrogens (tertiary/aromatic N) is 3. The SMILES string of the molecule is Brc1cnc(N2CC3C4C3C42)cn1. The van der Waals surface area contributed by atoms with Gasteiger partial charge >= 0.3 is 0 Å². The van der Waals surface area contributed by atoms with Crippen molar-refractivity contribution in [1.82, 2.24) is 9.97 Å². The lowest BCUT2D eigenvalue weighted by atomic mass is 10.2. The second-order valence-corrected chi connectivity index (χ2v) is 4.97. The molecule has 1 aromatic rings. The van der Waals surface area contributed by atoms with Crippen molar-refractivity contribution in [2.75, 3.05) is 11.4 Å². The van der Waals surface area contributed by atoms with Crippen molar-refractivity contribution < 1.29 is 0 Å². The van der Waals surface area contributed by atoms with Gasteiger partial charge in [0.2, 0.25) is 0 Å². The van der Waals surface area contributed by atoms with Crippen molar-refractivity contribution in [2.24, 2.45) is 17.8 Å². The minimum Gasteiger partial charge on any atom is -0.351 e. The van der Waals surface area contributed by atoms with E-state index in [4.69, 9.17) is 0 Å². The van der Waals surface area contributed by atoms with Crippen LogP contribution >= 0.6 is 15.9 Å². The van der Waals surface area contributed by atoms with E-state index in [1.165, 1.54) is 6.54 Å². The van der Waals surface area contributed by atoms with Crippen LogP contribution < -0.4 is 4.90 Å². The molecule has 4 aliphatic rings. The lowest BCUT2D eigenvalue weighted by molar-refractivity contribution is 0.735. The average molecular weight is 238 g/mol. The maximum absolute atomic E-state index is 4.37. The average Bonchev–Trinajstić information content (AvgIpc) is 2.95. The van der Waals surface area contributed by atoms with E-state index in [1.807, 2.05) is 6.20 Å².